The van der Waals surface area contributed by atoms with Gasteiger partial charge in [0.15, 0.2) is 4.32 Å². The molecule has 0 radical (unpaired) electrons. The summed E-state index contributed by atoms with van der Waals surface area (Å²) in [4.78, 5) is 0. The molecule has 0 spiro atoms. The van der Waals surface area contributed by atoms with Crippen molar-refractivity contribution >= 4 is 54.6 Å². The van der Waals surface area contributed by atoms with Crippen LogP contribution >= 0.6 is 54.6 Å². The third-order valence-corrected chi connectivity index (χ3v) is 10.8. The molecule has 1 heterocycles. The second-order valence-corrected chi connectivity index (χ2v) is 10.4. The molecule has 0 aromatic rings. The van der Waals surface area contributed by atoms with Crippen LogP contribution in [0.5, 0.6) is 0 Å². The first kappa shape index (κ1) is 16.3. The van der Waals surface area contributed by atoms with E-state index in [-0.39, 0.29) is 4.32 Å². The maximum absolute atomic E-state index is 12.6. The van der Waals surface area contributed by atoms with Crippen molar-refractivity contribution < 1.29 is 13.6 Å². The molecule has 0 fully saturated rings. The van der Waals surface area contributed by atoms with Crippen LogP contribution in [0, 0.1) is 0 Å². The van der Waals surface area contributed by atoms with Crippen molar-refractivity contribution in [3.8, 4) is 0 Å². The third kappa shape index (κ3) is 4.13. The molecule has 0 unspecified atom stereocenters. The lowest BCUT2D eigenvalue weighted by atomic mass is 10.9. The number of thioether (sulfide) groups is 4. The highest BCUT2D eigenvalue weighted by Gasteiger charge is 2.42. The molecule has 0 amide bonds. The van der Waals surface area contributed by atoms with Crippen molar-refractivity contribution in [2.45, 2.75) is 18.2 Å². The van der Waals surface area contributed by atoms with Crippen LogP contribution in [0.3, 0.4) is 0 Å². The lowest BCUT2D eigenvalue weighted by Crippen LogP contribution is -2.04. The van der Waals surface area contributed by atoms with E-state index in [0.717, 1.165) is 0 Å². The number of rotatable bonds is 7. The lowest BCUT2D eigenvalue weighted by Gasteiger charge is -2.21. The molecule has 0 aromatic heterocycles. The van der Waals surface area contributed by atoms with Crippen LogP contribution in [0.4, 0.5) is 0 Å². The fourth-order valence-electron chi connectivity index (χ4n) is 1.21. The van der Waals surface area contributed by atoms with Crippen molar-refractivity contribution in [3.05, 3.63) is 8.47 Å². The Balaban J connectivity index is 2.78. The molecule has 8 heteroatoms. The quantitative estimate of drug-likeness (QED) is 0.615. The van der Waals surface area contributed by atoms with E-state index in [4.69, 9.17) is 9.05 Å². The Hall–Kier alpha value is 1.29. The molecule has 0 saturated carbocycles. The van der Waals surface area contributed by atoms with Gasteiger partial charge in [0.1, 0.15) is 0 Å². The highest BCUT2D eigenvalue weighted by Crippen LogP contribution is 2.69. The molecule has 1 aliphatic rings. The summed E-state index contributed by atoms with van der Waals surface area (Å²) in [6.07, 6.45) is 4.07. The third-order valence-electron chi connectivity index (χ3n) is 1.83. The Labute approximate surface area is 120 Å². The highest BCUT2D eigenvalue weighted by molar-refractivity contribution is 8.40. The van der Waals surface area contributed by atoms with Crippen molar-refractivity contribution in [2.75, 3.05) is 25.7 Å². The van der Waals surface area contributed by atoms with Gasteiger partial charge in [0.25, 0.3) is 0 Å². The standard InChI is InChI=1S/C9H17O3PS4/c1-5-11-13(10,12-6-2)9-16-7(14-3)8(15-4)17-9/h9H,5-6H2,1-4H3. The summed E-state index contributed by atoms with van der Waals surface area (Å²) in [6, 6.07) is 0. The van der Waals surface area contributed by atoms with E-state index in [2.05, 4.69) is 0 Å². The second kappa shape index (κ2) is 7.78. The summed E-state index contributed by atoms with van der Waals surface area (Å²) in [5, 5.41) is 0. The average molecular weight is 332 g/mol. The summed E-state index contributed by atoms with van der Waals surface area (Å²) >= 11 is 6.58. The Morgan fingerprint density at radius 1 is 1.12 bits per heavy atom. The minimum Gasteiger partial charge on any atom is -0.307 e. The summed E-state index contributed by atoms with van der Waals surface area (Å²) < 4.78 is 25.6. The lowest BCUT2D eigenvalue weighted by molar-refractivity contribution is 0.223. The maximum atomic E-state index is 12.6. The summed E-state index contributed by atoms with van der Waals surface area (Å²) in [5.41, 5.74) is 0. The molecule has 17 heavy (non-hydrogen) atoms. The topological polar surface area (TPSA) is 35.5 Å². The molecule has 1 rings (SSSR count). The highest BCUT2D eigenvalue weighted by atomic mass is 32.3. The van der Waals surface area contributed by atoms with Crippen molar-refractivity contribution in [3.63, 3.8) is 0 Å². The molecule has 3 nitrogen and oxygen atoms in total. The largest absolute Gasteiger partial charge is 0.354 e. The zero-order valence-corrected chi connectivity index (χ0v) is 14.5. The van der Waals surface area contributed by atoms with Crippen LogP contribution in [0.25, 0.3) is 0 Å². The molecule has 0 N–H and O–H groups in total. The molecule has 0 saturated heterocycles. The van der Waals surface area contributed by atoms with Gasteiger partial charge in [-0.2, -0.15) is 0 Å². The Bertz CT molecular complexity index is 308. The average Bonchev–Trinajstić information content (AvgIpc) is 2.73. The molecule has 1 aliphatic heterocycles. The van der Waals surface area contributed by atoms with Gasteiger partial charge in [-0.05, 0) is 26.4 Å². The minimum absolute atomic E-state index is 0.160. The fraction of sp³-hybridized carbons (Fsp3) is 0.778. The number of hydrogen-bond acceptors (Lipinski definition) is 7. The van der Waals surface area contributed by atoms with Crippen LogP contribution in [-0.2, 0) is 13.6 Å². The van der Waals surface area contributed by atoms with Gasteiger partial charge in [-0.25, -0.2) is 0 Å². The molecule has 0 bridgehead atoms. The van der Waals surface area contributed by atoms with Gasteiger partial charge in [-0.3, -0.25) is 4.57 Å². The van der Waals surface area contributed by atoms with Crippen molar-refractivity contribution in [1.29, 1.82) is 0 Å². The monoisotopic (exact) mass is 332 g/mol. The van der Waals surface area contributed by atoms with Gasteiger partial charge >= 0.3 is 7.60 Å². The maximum Gasteiger partial charge on any atom is 0.354 e. The smallest absolute Gasteiger partial charge is 0.307 e. The SMILES string of the molecule is CCOP(=O)(OCC)C1SC(SC)=C(SC)S1. The summed E-state index contributed by atoms with van der Waals surface area (Å²) in [7, 11) is -3.01. The zero-order chi connectivity index (χ0) is 12.9. The van der Waals surface area contributed by atoms with Gasteiger partial charge in [0, 0.05) is 0 Å². The van der Waals surface area contributed by atoms with Crippen molar-refractivity contribution in [1.82, 2.24) is 0 Å². The molecule has 100 valence electrons. The molecule has 0 aromatic carbocycles. The molecular formula is C9H17O3PS4. The van der Waals surface area contributed by atoms with Gasteiger partial charge in [-0.15, -0.1) is 23.5 Å². The molecule has 0 atom stereocenters. The van der Waals surface area contributed by atoms with E-state index >= 15 is 0 Å². The van der Waals surface area contributed by atoms with Crippen LogP contribution in [-0.4, -0.2) is 30.0 Å². The summed E-state index contributed by atoms with van der Waals surface area (Å²) in [6.45, 7) is 4.51. The van der Waals surface area contributed by atoms with E-state index in [1.807, 2.05) is 26.4 Å². The first-order valence-electron chi connectivity index (χ1n) is 5.15. The Morgan fingerprint density at radius 2 is 1.53 bits per heavy atom. The Kier molecular flexibility index (Phi) is 7.48. The first-order chi connectivity index (χ1) is 8.11. The van der Waals surface area contributed by atoms with E-state index in [1.165, 1.54) is 8.47 Å². The zero-order valence-electron chi connectivity index (χ0n) is 10.3. The van der Waals surface area contributed by atoms with Crippen LogP contribution in [0.2, 0.25) is 0 Å². The van der Waals surface area contributed by atoms with E-state index in [0.29, 0.717) is 13.2 Å². The van der Waals surface area contributed by atoms with Gasteiger partial charge in [-0.1, -0.05) is 23.5 Å². The second-order valence-electron chi connectivity index (χ2n) is 2.90. The Morgan fingerprint density at radius 3 is 1.82 bits per heavy atom. The predicted octanol–water partition coefficient (Wildman–Crippen LogP) is 4.87. The van der Waals surface area contributed by atoms with E-state index in [1.54, 1.807) is 47.0 Å². The first-order valence-corrected chi connectivity index (χ1v) is 11.0. The van der Waals surface area contributed by atoms with E-state index < -0.39 is 7.60 Å². The normalized spacial score (nSPS) is 18.1. The predicted molar refractivity (Wildman–Crippen MR) is 83.9 cm³/mol. The van der Waals surface area contributed by atoms with Crippen LogP contribution in [0.1, 0.15) is 13.8 Å². The van der Waals surface area contributed by atoms with Crippen LogP contribution < -0.4 is 0 Å². The van der Waals surface area contributed by atoms with Crippen molar-refractivity contribution in [2.24, 2.45) is 0 Å². The van der Waals surface area contributed by atoms with Gasteiger partial charge in [0.2, 0.25) is 0 Å². The molecular weight excluding hydrogens is 315 g/mol. The van der Waals surface area contributed by atoms with Gasteiger partial charge < -0.3 is 9.05 Å². The van der Waals surface area contributed by atoms with Gasteiger partial charge in [0.05, 0.1) is 21.7 Å². The number of hydrogen-bond donors (Lipinski definition) is 0. The van der Waals surface area contributed by atoms with E-state index in [9.17, 15) is 4.57 Å². The summed E-state index contributed by atoms with van der Waals surface area (Å²) in [5.74, 6) is 0. The van der Waals surface area contributed by atoms with Crippen LogP contribution in [0.15, 0.2) is 8.47 Å². The minimum atomic E-state index is -3.01. The molecule has 0 aliphatic carbocycles. The fourth-order valence-corrected chi connectivity index (χ4v) is 10.0.